The van der Waals surface area contributed by atoms with E-state index in [2.05, 4.69) is 31.2 Å². The van der Waals surface area contributed by atoms with Crippen molar-refractivity contribution in [1.29, 1.82) is 0 Å². The Balaban J connectivity index is 2.89. The molecule has 0 amide bonds. The molecule has 0 aliphatic rings. The highest BCUT2D eigenvalue weighted by atomic mass is 15.3. The van der Waals surface area contributed by atoms with E-state index in [1.54, 1.807) is 0 Å². The summed E-state index contributed by atoms with van der Waals surface area (Å²) in [7, 11) is 1.91. The van der Waals surface area contributed by atoms with Crippen molar-refractivity contribution >= 4 is 11.5 Å². The van der Waals surface area contributed by atoms with E-state index in [0.717, 1.165) is 30.0 Å². The molecule has 0 saturated heterocycles. The summed E-state index contributed by atoms with van der Waals surface area (Å²) in [5.74, 6) is 0.922. The van der Waals surface area contributed by atoms with Crippen molar-refractivity contribution in [3.63, 3.8) is 0 Å². The zero-order chi connectivity index (χ0) is 11.6. The van der Waals surface area contributed by atoms with Gasteiger partial charge in [0.2, 0.25) is 0 Å². The summed E-state index contributed by atoms with van der Waals surface area (Å²) in [4.78, 5) is 0. The highest BCUT2D eigenvalue weighted by Gasteiger charge is 2.20. The number of nitrogens with two attached hydrogens (primary N) is 1. The largest absolute Gasteiger partial charge is 0.394 e. The lowest BCUT2D eigenvalue weighted by Crippen LogP contribution is -2.31. The van der Waals surface area contributed by atoms with Crippen LogP contribution < -0.4 is 11.1 Å². The van der Waals surface area contributed by atoms with E-state index >= 15 is 0 Å². The van der Waals surface area contributed by atoms with Gasteiger partial charge in [-0.05, 0) is 27.2 Å². The molecular formula is C11H22N4. The lowest BCUT2D eigenvalue weighted by Gasteiger charge is -2.27. The molecule has 0 saturated carbocycles. The number of anilines is 2. The Labute approximate surface area is 91.8 Å². The van der Waals surface area contributed by atoms with Crippen LogP contribution in [0.1, 0.15) is 39.3 Å². The van der Waals surface area contributed by atoms with Crippen molar-refractivity contribution in [1.82, 2.24) is 9.78 Å². The SMILES string of the molecule is CCCC(C)(C)Nc1c(N)c(C)nn1C. The normalized spacial score (nSPS) is 11.8. The van der Waals surface area contributed by atoms with Crippen LogP contribution in [0.15, 0.2) is 0 Å². The number of hydrogen-bond acceptors (Lipinski definition) is 3. The Bertz CT molecular complexity index is 339. The number of nitrogens with zero attached hydrogens (tertiary/aromatic N) is 2. The number of hydrogen-bond donors (Lipinski definition) is 2. The molecule has 15 heavy (non-hydrogen) atoms. The van der Waals surface area contributed by atoms with Crippen molar-refractivity contribution in [3.8, 4) is 0 Å². The number of nitrogen functional groups attached to an aromatic ring is 1. The van der Waals surface area contributed by atoms with Crippen LogP contribution in [0.2, 0.25) is 0 Å². The molecule has 1 aromatic heterocycles. The van der Waals surface area contributed by atoms with Gasteiger partial charge in [-0.1, -0.05) is 13.3 Å². The summed E-state index contributed by atoms with van der Waals surface area (Å²) in [5, 5.41) is 7.74. The van der Waals surface area contributed by atoms with Crippen LogP contribution in [0.5, 0.6) is 0 Å². The lowest BCUT2D eigenvalue weighted by atomic mass is 9.99. The lowest BCUT2D eigenvalue weighted by molar-refractivity contribution is 0.504. The molecule has 1 aromatic rings. The minimum Gasteiger partial charge on any atom is -0.394 e. The molecule has 0 spiro atoms. The summed E-state index contributed by atoms with van der Waals surface area (Å²) in [6, 6.07) is 0. The van der Waals surface area contributed by atoms with Gasteiger partial charge in [0.15, 0.2) is 0 Å². The number of rotatable bonds is 4. The van der Waals surface area contributed by atoms with Crippen LogP contribution in [0.25, 0.3) is 0 Å². The van der Waals surface area contributed by atoms with E-state index in [9.17, 15) is 0 Å². The second kappa shape index (κ2) is 4.13. The first-order valence-corrected chi connectivity index (χ1v) is 5.44. The number of aryl methyl sites for hydroxylation is 2. The third-order valence-corrected chi connectivity index (χ3v) is 2.60. The molecule has 1 rings (SSSR count). The molecule has 3 N–H and O–H groups in total. The molecular weight excluding hydrogens is 188 g/mol. The Kier molecular flexibility index (Phi) is 3.27. The van der Waals surface area contributed by atoms with E-state index < -0.39 is 0 Å². The Morgan fingerprint density at radius 2 is 2.07 bits per heavy atom. The monoisotopic (exact) mass is 210 g/mol. The second-order valence-corrected chi connectivity index (χ2v) is 4.73. The van der Waals surface area contributed by atoms with Crippen LogP contribution in [0, 0.1) is 6.92 Å². The smallest absolute Gasteiger partial charge is 0.148 e. The zero-order valence-corrected chi connectivity index (χ0v) is 10.4. The zero-order valence-electron chi connectivity index (χ0n) is 10.4. The van der Waals surface area contributed by atoms with Gasteiger partial charge in [-0.25, -0.2) is 0 Å². The van der Waals surface area contributed by atoms with Gasteiger partial charge >= 0.3 is 0 Å². The number of nitrogens with one attached hydrogen (secondary N) is 1. The Morgan fingerprint density at radius 1 is 1.47 bits per heavy atom. The average Bonchev–Trinajstić information content (AvgIpc) is 2.32. The fraction of sp³-hybridized carbons (Fsp3) is 0.727. The number of aromatic nitrogens is 2. The molecule has 0 radical (unpaired) electrons. The first kappa shape index (κ1) is 11.9. The van der Waals surface area contributed by atoms with Gasteiger partial charge in [-0.3, -0.25) is 4.68 Å². The van der Waals surface area contributed by atoms with Crippen molar-refractivity contribution in [2.75, 3.05) is 11.1 Å². The molecule has 0 bridgehead atoms. The van der Waals surface area contributed by atoms with E-state index in [-0.39, 0.29) is 5.54 Å². The van der Waals surface area contributed by atoms with Crippen LogP contribution in [-0.2, 0) is 7.05 Å². The van der Waals surface area contributed by atoms with Gasteiger partial charge in [-0.15, -0.1) is 0 Å². The van der Waals surface area contributed by atoms with E-state index in [1.807, 2.05) is 18.7 Å². The van der Waals surface area contributed by atoms with Gasteiger partial charge in [-0.2, -0.15) is 5.10 Å². The first-order chi connectivity index (χ1) is 6.87. The van der Waals surface area contributed by atoms with Gasteiger partial charge < -0.3 is 11.1 Å². The molecule has 0 aliphatic carbocycles. The highest BCUT2D eigenvalue weighted by molar-refractivity contribution is 5.65. The highest BCUT2D eigenvalue weighted by Crippen LogP contribution is 2.26. The van der Waals surface area contributed by atoms with Crippen molar-refractivity contribution in [2.45, 2.75) is 46.1 Å². The molecule has 0 atom stereocenters. The molecule has 0 aromatic carbocycles. The average molecular weight is 210 g/mol. The van der Waals surface area contributed by atoms with Crippen molar-refractivity contribution < 1.29 is 0 Å². The van der Waals surface area contributed by atoms with Gasteiger partial charge in [0.05, 0.1) is 11.4 Å². The van der Waals surface area contributed by atoms with Crippen LogP contribution in [-0.4, -0.2) is 15.3 Å². The third kappa shape index (κ3) is 2.64. The maximum Gasteiger partial charge on any atom is 0.148 e. The summed E-state index contributed by atoms with van der Waals surface area (Å²) >= 11 is 0. The summed E-state index contributed by atoms with van der Waals surface area (Å²) in [6.45, 7) is 8.46. The minimum atomic E-state index is 0.0586. The van der Waals surface area contributed by atoms with Crippen LogP contribution >= 0.6 is 0 Å². The molecule has 0 fully saturated rings. The maximum atomic E-state index is 5.96. The van der Waals surface area contributed by atoms with Gasteiger partial charge in [0.25, 0.3) is 0 Å². The molecule has 86 valence electrons. The molecule has 0 aliphatic heterocycles. The van der Waals surface area contributed by atoms with E-state index in [1.165, 1.54) is 0 Å². The Hall–Kier alpha value is -1.19. The standard InChI is InChI=1S/C11H22N4/c1-6-7-11(3,4)13-10-9(12)8(2)14-15(10)5/h13H,6-7,12H2,1-5H3. The van der Waals surface area contributed by atoms with Gasteiger partial charge in [0, 0.05) is 12.6 Å². The fourth-order valence-corrected chi connectivity index (χ4v) is 1.83. The first-order valence-electron chi connectivity index (χ1n) is 5.44. The van der Waals surface area contributed by atoms with Crippen LogP contribution in [0.3, 0.4) is 0 Å². The van der Waals surface area contributed by atoms with Crippen molar-refractivity contribution in [2.24, 2.45) is 7.05 Å². The minimum absolute atomic E-state index is 0.0586. The van der Waals surface area contributed by atoms with Gasteiger partial charge in [0.1, 0.15) is 5.82 Å². The topological polar surface area (TPSA) is 55.9 Å². The molecule has 4 heteroatoms. The predicted octanol–water partition coefficient (Wildman–Crippen LogP) is 2.30. The fourth-order valence-electron chi connectivity index (χ4n) is 1.83. The van der Waals surface area contributed by atoms with E-state index in [4.69, 9.17) is 5.73 Å². The third-order valence-electron chi connectivity index (χ3n) is 2.60. The molecule has 0 unspecified atom stereocenters. The predicted molar refractivity (Wildman–Crippen MR) is 65.0 cm³/mol. The quantitative estimate of drug-likeness (QED) is 0.801. The van der Waals surface area contributed by atoms with E-state index in [0.29, 0.717) is 0 Å². The summed E-state index contributed by atoms with van der Waals surface area (Å²) in [6.07, 6.45) is 2.26. The summed E-state index contributed by atoms with van der Waals surface area (Å²) in [5.41, 5.74) is 7.65. The summed E-state index contributed by atoms with van der Waals surface area (Å²) < 4.78 is 1.81. The molecule has 4 nitrogen and oxygen atoms in total. The maximum absolute atomic E-state index is 5.96. The molecule has 1 heterocycles. The second-order valence-electron chi connectivity index (χ2n) is 4.73. The van der Waals surface area contributed by atoms with Crippen molar-refractivity contribution in [3.05, 3.63) is 5.69 Å². The Morgan fingerprint density at radius 3 is 2.47 bits per heavy atom. The van der Waals surface area contributed by atoms with Crippen LogP contribution in [0.4, 0.5) is 11.5 Å².